The number of morpholine rings is 1. The van der Waals surface area contributed by atoms with E-state index in [0.29, 0.717) is 39.1 Å². The molecule has 0 radical (unpaired) electrons. The Morgan fingerprint density at radius 1 is 1.28 bits per heavy atom. The Hall–Kier alpha value is -0.620. The summed E-state index contributed by atoms with van der Waals surface area (Å²) in [5, 5.41) is -0.382. The van der Waals surface area contributed by atoms with Crippen molar-refractivity contribution in [3.05, 3.63) is 0 Å². The zero-order valence-electron chi connectivity index (χ0n) is 11.2. The Morgan fingerprint density at radius 2 is 1.89 bits per heavy atom. The van der Waals surface area contributed by atoms with Gasteiger partial charge in [0.05, 0.1) is 18.5 Å². The van der Waals surface area contributed by atoms with E-state index in [1.807, 2.05) is 13.8 Å². The normalized spacial score (nSPS) is 18.7. The Morgan fingerprint density at radius 3 is 2.39 bits per heavy atom. The Labute approximate surface area is 109 Å². The summed E-state index contributed by atoms with van der Waals surface area (Å²) in [5.74, 6) is -0.640. The molecule has 1 saturated heterocycles. The number of carbonyl (C=O) groups excluding carboxylic acids is 1. The van der Waals surface area contributed by atoms with Crippen molar-refractivity contribution in [1.82, 2.24) is 4.90 Å². The maximum Gasteiger partial charge on any atom is 0.237 e. The fourth-order valence-electron chi connectivity index (χ4n) is 2.15. The molecule has 1 amide bonds. The quantitative estimate of drug-likeness (QED) is 0.721. The van der Waals surface area contributed by atoms with Gasteiger partial charge in [0.1, 0.15) is 5.75 Å². The van der Waals surface area contributed by atoms with Gasteiger partial charge in [-0.1, -0.05) is 20.3 Å². The van der Waals surface area contributed by atoms with Crippen LogP contribution in [0.3, 0.4) is 0 Å². The number of amides is 1. The molecule has 5 nitrogen and oxygen atoms in total. The minimum absolute atomic E-state index is 0.284. The summed E-state index contributed by atoms with van der Waals surface area (Å²) in [5.41, 5.74) is 0. The van der Waals surface area contributed by atoms with Gasteiger partial charge in [0.2, 0.25) is 5.91 Å². The summed E-state index contributed by atoms with van der Waals surface area (Å²) in [7, 11) is -3.32. The first-order chi connectivity index (χ1) is 8.51. The molecule has 0 unspecified atom stereocenters. The number of sulfone groups is 1. The maximum absolute atomic E-state index is 12.1. The van der Waals surface area contributed by atoms with Crippen molar-refractivity contribution in [1.29, 1.82) is 0 Å². The van der Waals surface area contributed by atoms with Crippen LogP contribution in [0.5, 0.6) is 0 Å². The van der Waals surface area contributed by atoms with Gasteiger partial charge in [0.15, 0.2) is 9.84 Å². The summed E-state index contributed by atoms with van der Waals surface area (Å²) < 4.78 is 29.4. The Balaban J connectivity index is 2.60. The molecule has 0 aromatic carbocycles. The molecule has 106 valence electrons. The lowest BCUT2D eigenvalue weighted by atomic mass is 10.2. The van der Waals surface area contributed by atoms with E-state index in [9.17, 15) is 13.2 Å². The van der Waals surface area contributed by atoms with Gasteiger partial charge in [0.25, 0.3) is 0 Å². The molecular formula is C12H23NO4S. The van der Waals surface area contributed by atoms with Crippen LogP contribution in [-0.2, 0) is 19.4 Å². The summed E-state index contributed by atoms with van der Waals surface area (Å²) in [6.45, 7) is 5.81. The number of hydrogen-bond donors (Lipinski definition) is 0. The van der Waals surface area contributed by atoms with E-state index in [-0.39, 0.29) is 16.9 Å². The summed E-state index contributed by atoms with van der Waals surface area (Å²) >= 11 is 0. The van der Waals surface area contributed by atoms with Crippen LogP contribution in [0.2, 0.25) is 0 Å². The van der Waals surface area contributed by atoms with E-state index in [2.05, 4.69) is 0 Å². The number of carbonyl (C=O) groups is 1. The third-order valence-electron chi connectivity index (χ3n) is 3.26. The van der Waals surface area contributed by atoms with Gasteiger partial charge in [-0.15, -0.1) is 0 Å². The minimum atomic E-state index is -3.32. The Kier molecular flexibility index (Phi) is 6.08. The van der Waals surface area contributed by atoms with Gasteiger partial charge < -0.3 is 9.64 Å². The van der Waals surface area contributed by atoms with Crippen molar-refractivity contribution in [2.75, 3.05) is 32.1 Å². The van der Waals surface area contributed by atoms with Crippen molar-refractivity contribution >= 4 is 15.7 Å². The van der Waals surface area contributed by atoms with E-state index >= 15 is 0 Å². The van der Waals surface area contributed by atoms with Crippen LogP contribution in [0, 0.1) is 0 Å². The highest BCUT2D eigenvalue weighted by molar-refractivity contribution is 7.92. The predicted octanol–water partition coefficient (Wildman–Crippen LogP) is 0.839. The van der Waals surface area contributed by atoms with Crippen LogP contribution in [-0.4, -0.2) is 56.5 Å². The highest BCUT2D eigenvalue weighted by Crippen LogP contribution is 2.14. The van der Waals surface area contributed by atoms with Crippen molar-refractivity contribution in [3.63, 3.8) is 0 Å². The zero-order chi connectivity index (χ0) is 13.6. The largest absolute Gasteiger partial charge is 0.378 e. The van der Waals surface area contributed by atoms with Gasteiger partial charge in [-0.2, -0.15) is 0 Å². The average Bonchev–Trinajstić information content (AvgIpc) is 2.36. The van der Waals surface area contributed by atoms with Crippen molar-refractivity contribution in [2.24, 2.45) is 0 Å². The molecule has 1 aliphatic rings. The van der Waals surface area contributed by atoms with Gasteiger partial charge >= 0.3 is 0 Å². The first-order valence-electron chi connectivity index (χ1n) is 6.58. The number of hydrogen-bond acceptors (Lipinski definition) is 4. The molecule has 1 aliphatic heterocycles. The van der Waals surface area contributed by atoms with Crippen LogP contribution >= 0.6 is 0 Å². The van der Waals surface area contributed by atoms with Gasteiger partial charge in [-0.25, -0.2) is 8.42 Å². The SMILES string of the molecule is CCC[C@@H](CC)S(=O)(=O)CC(=O)N1CCOCC1. The van der Waals surface area contributed by atoms with Crippen LogP contribution < -0.4 is 0 Å². The molecule has 0 N–H and O–H groups in total. The molecule has 0 aromatic rings. The fourth-order valence-corrected chi connectivity index (χ4v) is 4.02. The zero-order valence-corrected chi connectivity index (χ0v) is 12.0. The standard InChI is InChI=1S/C12H23NO4S/c1-3-5-11(4-2)18(15,16)10-12(14)13-6-8-17-9-7-13/h11H,3-10H2,1-2H3/t11-/m1/s1. The molecule has 1 rings (SSSR count). The third-order valence-corrected chi connectivity index (χ3v) is 5.50. The van der Waals surface area contributed by atoms with E-state index in [0.717, 1.165) is 6.42 Å². The molecule has 1 fully saturated rings. The molecule has 0 aliphatic carbocycles. The summed E-state index contributed by atoms with van der Waals surface area (Å²) in [6.07, 6.45) is 2.03. The molecule has 6 heteroatoms. The van der Waals surface area contributed by atoms with Crippen molar-refractivity contribution in [2.45, 2.75) is 38.4 Å². The first kappa shape index (κ1) is 15.4. The second-order valence-corrected chi connectivity index (χ2v) is 6.90. The molecule has 1 atom stereocenters. The van der Waals surface area contributed by atoms with Crippen molar-refractivity contribution in [3.8, 4) is 0 Å². The highest BCUT2D eigenvalue weighted by atomic mass is 32.2. The predicted molar refractivity (Wildman–Crippen MR) is 70.2 cm³/mol. The number of rotatable bonds is 6. The average molecular weight is 277 g/mol. The van der Waals surface area contributed by atoms with Gasteiger partial charge in [0, 0.05) is 13.1 Å². The number of ether oxygens (including phenoxy) is 1. The molecular weight excluding hydrogens is 254 g/mol. The van der Waals surface area contributed by atoms with Crippen LogP contribution in [0.4, 0.5) is 0 Å². The van der Waals surface area contributed by atoms with E-state index in [1.165, 1.54) is 0 Å². The van der Waals surface area contributed by atoms with E-state index < -0.39 is 9.84 Å². The molecule has 0 bridgehead atoms. The number of nitrogens with zero attached hydrogens (tertiary/aromatic N) is 1. The lowest BCUT2D eigenvalue weighted by Crippen LogP contribution is -2.44. The fraction of sp³-hybridized carbons (Fsp3) is 0.917. The Bertz CT molecular complexity index is 360. The molecule has 0 spiro atoms. The lowest BCUT2D eigenvalue weighted by Gasteiger charge is -2.27. The minimum Gasteiger partial charge on any atom is -0.378 e. The van der Waals surface area contributed by atoms with Crippen LogP contribution in [0.15, 0.2) is 0 Å². The van der Waals surface area contributed by atoms with Gasteiger partial charge in [-0.05, 0) is 12.8 Å². The molecule has 18 heavy (non-hydrogen) atoms. The van der Waals surface area contributed by atoms with Gasteiger partial charge in [-0.3, -0.25) is 4.79 Å². The molecule has 0 aromatic heterocycles. The summed E-state index contributed by atoms with van der Waals surface area (Å²) in [4.78, 5) is 13.5. The summed E-state index contributed by atoms with van der Waals surface area (Å²) in [6, 6.07) is 0. The second kappa shape index (κ2) is 7.09. The first-order valence-corrected chi connectivity index (χ1v) is 8.29. The third kappa shape index (κ3) is 4.24. The van der Waals surface area contributed by atoms with Crippen LogP contribution in [0.25, 0.3) is 0 Å². The van der Waals surface area contributed by atoms with E-state index in [4.69, 9.17) is 4.74 Å². The van der Waals surface area contributed by atoms with E-state index in [1.54, 1.807) is 4.90 Å². The topological polar surface area (TPSA) is 63.7 Å². The smallest absolute Gasteiger partial charge is 0.237 e. The highest BCUT2D eigenvalue weighted by Gasteiger charge is 2.28. The second-order valence-electron chi connectivity index (χ2n) is 4.62. The van der Waals surface area contributed by atoms with Crippen molar-refractivity contribution < 1.29 is 17.9 Å². The molecule has 0 saturated carbocycles. The lowest BCUT2D eigenvalue weighted by molar-refractivity contribution is -0.132. The maximum atomic E-state index is 12.1. The van der Waals surface area contributed by atoms with Crippen LogP contribution in [0.1, 0.15) is 33.1 Å². The monoisotopic (exact) mass is 277 g/mol. The molecule has 1 heterocycles.